The fourth-order valence-electron chi connectivity index (χ4n) is 3.51. The maximum Gasteiger partial charge on any atom is 0.229 e. The van der Waals surface area contributed by atoms with Gasteiger partial charge in [-0.25, -0.2) is 4.98 Å². The van der Waals surface area contributed by atoms with Gasteiger partial charge in [0, 0.05) is 34.9 Å². The van der Waals surface area contributed by atoms with E-state index in [1.807, 2.05) is 52.0 Å². The van der Waals surface area contributed by atoms with E-state index in [1.54, 1.807) is 0 Å². The van der Waals surface area contributed by atoms with Crippen LogP contribution in [-0.2, 0) is 17.9 Å². The second-order valence-electron chi connectivity index (χ2n) is 8.44. The topological polar surface area (TPSA) is 50.2 Å². The van der Waals surface area contributed by atoms with Crippen molar-refractivity contribution in [1.82, 2.24) is 9.55 Å². The minimum absolute atomic E-state index is 0.0219. The monoisotopic (exact) mass is 396 g/mol. The van der Waals surface area contributed by atoms with E-state index >= 15 is 0 Å². The van der Waals surface area contributed by atoms with Crippen molar-refractivity contribution in [3.63, 3.8) is 0 Å². The van der Waals surface area contributed by atoms with Gasteiger partial charge in [0.15, 0.2) is 0 Å². The van der Waals surface area contributed by atoms with Crippen LogP contribution >= 0.6 is 11.6 Å². The molecule has 1 N–H and O–H groups in total. The molecule has 146 valence electrons. The zero-order chi connectivity index (χ0) is 20.1. The van der Waals surface area contributed by atoms with Crippen LogP contribution in [0, 0.1) is 12.3 Å². The highest BCUT2D eigenvalue weighted by Crippen LogP contribution is 2.29. The van der Waals surface area contributed by atoms with E-state index in [1.165, 1.54) is 0 Å². The minimum atomic E-state index is -0.417. The van der Waals surface area contributed by atoms with E-state index in [0.29, 0.717) is 5.02 Å². The van der Waals surface area contributed by atoms with Crippen LogP contribution in [0.25, 0.3) is 11.0 Å². The molecule has 0 saturated heterocycles. The first-order valence-electron chi connectivity index (χ1n) is 9.54. The Hall–Kier alpha value is -2.53. The van der Waals surface area contributed by atoms with Crippen molar-refractivity contribution in [2.24, 2.45) is 5.41 Å². The van der Waals surface area contributed by atoms with Gasteiger partial charge in [-0.15, -0.1) is 0 Å². The van der Waals surface area contributed by atoms with Gasteiger partial charge in [0.05, 0.1) is 17.6 Å². The number of rotatable bonds is 2. The largest absolute Gasteiger partial charge is 0.362 e. The third-order valence-electron chi connectivity index (χ3n) is 5.22. The molecule has 28 heavy (non-hydrogen) atoms. The SMILES string of the molecule is Cc1cc(N2CCn3c(nc4cc(Cl)ccc43)C2)ccc1NC(=O)C(C)(C)C. The lowest BCUT2D eigenvalue weighted by atomic mass is 9.95. The standard InChI is InChI=1S/C22H25ClN4O/c1-14-11-16(6-7-17(14)25-21(28)22(2,3)4)26-9-10-27-19-8-5-15(23)12-18(19)24-20(27)13-26/h5-8,11-12H,9-10,13H2,1-4H3,(H,25,28). The Bertz CT molecular complexity index is 1060. The number of anilines is 2. The molecule has 2 aromatic carbocycles. The summed E-state index contributed by atoms with van der Waals surface area (Å²) in [6, 6.07) is 12.1. The van der Waals surface area contributed by atoms with Gasteiger partial charge in [-0.3, -0.25) is 4.79 Å². The van der Waals surface area contributed by atoms with Gasteiger partial charge >= 0.3 is 0 Å². The van der Waals surface area contributed by atoms with Crippen LogP contribution in [0.1, 0.15) is 32.2 Å². The van der Waals surface area contributed by atoms with Crippen LogP contribution < -0.4 is 10.2 Å². The Morgan fingerprint density at radius 3 is 2.64 bits per heavy atom. The summed E-state index contributed by atoms with van der Waals surface area (Å²) in [6.45, 7) is 10.3. The number of hydrogen-bond donors (Lipinski definition) is 1. The van der Waals surface area contributed by atoms with Crippen molar-refractivity contribution in [3.05, 3.63) is 52.8 Å². The Labute approximate surface area is 170 Å². The smallest absolute Gasteiger partial charge is 0.229 e. The van der Waals surface area contributed by atoms with Crippen LogP contribution in [-0.4, -0.2) is 22.0 Å². The van der Waals surface area contributed by atoms with E-state index in [4.69, 9.17) is 16.6 Å². The average Bonchev–Trinajstić information content (AvgIpc) is 2.98. The molecule has 0 saturated carbocycles. The molecule has 3 aromatic rings. The van der Waals surface area contributed by atoms with Crippen LogP contribution in [0.5, 0.6) is 0 Å². The molecule has 0 aliphatic carbocycles. The molecule has 0 atom stereocenters. The first-order chi connectivity index (χ1) is 13.2. The van der Waals surface area contributed by atoms with Crippen molar-refractivity contribution >= 4 is 39.9 Å². The van der Waals surface area contributed by atoms with Crippen molar-refractivity contribution in [2.45, 2.75) is 40.8 Å². The molecular formula is C22H25ClN4O. The van der Waals surface area contributed by atoms with Gasteiger partial charge in [0.2, 0.25) is 5.91 Å². The third kappa shape index (κ3) is 3.47. The Morgan fingerprint density at radius 2 is 1.93 bits per heavy atom. The number of aryl methyl sites for hydroxylation is 1. The fourth-order valence-corrected chi connectivity index (χ4v) is 3.67. The number of carbonyl (C=O) groups excluding carboxylic acids is 1. The van der Waals surface area contributed by atoms with E-state index in [0.717, 1.165) is 53.4 Å². The molecule has 0 unspecified atom stereocenters. The van der Waals surface area contributed by atoms with Gasteiger partial charge in [-0.1, -0.05) is 32.4 Å². The summed E-state index contributed by atoms with van der Waals surface area (Å²) >= 11 is 6.11. The summed E-state index contributed by atoms with van der Waals surface area (Å²) in [6.07, 6.45) is 0. The van der Waals surface area contributed by atoms with Crippen LogP contribution in [0.15, 0.2) is 36.4 Å². The maximum atomic E-state index is 12.3. The highest BCUT2D eigenvalue weighted by atomic mass is 35.5. The van der Waals surface area contributed by atoms with Crippen LogP contribution in [0.2, 0.25) is 5.02 Å². The lowest BCUT2D eigenvalue weighted by Crippen LogP contribution is -2.33. The number of benzene rings is 2. The van der Waals surface area contributed by atoms with Crippen molar-refractivity contribution in [1.29, 1.82) is 0 Å². The number of fused-ring (bicyclic) bond motifs is 3. The third-order valence-corrected chi connectivity index (χ3v) is 5.45. The molecule has 5 nitrogen and oxygen atoms in total. The maximum absolute atomic E-state index is 12.3. The molecule has 1 aromatic heterocycles. The molecule has 4 rings (SSSR count). The van der Waals surface area contributed by atoms with E-state index < -0.39 is 5.41 Å². The minimum Gasteiger partial charge on any atom is -0.362 e. The summed E-state index contributed by atoms with van der Waals surface area (Å²) in [7, 11) is 0. The highest BCUT2D eigenvalue weighted by molar-refractivity contribution is 6.31. The number of hydrogen-bond acceptors (Lipinski definition) is 3. The number of imidazole rings is 1. The number of nitrogens with zero attached hydrogens (tertiary/aromatic N) is 3. The Balaban J connectivity index is 1.57. The summed E-state index contributed by atoms with van der Waals surface area (Å²) in [5.41, 5.74) is 4.72. The van der Waals surface area contributed by atoms with Crippen molar-refractivity contribution in [2.75, 3.05) is 16.8 Å². The number of nitrogens with one attached hydrogen (secondary N) is 1. The fraction of sp³-hybridized carbons (Fsp3) is 0.364. The van der Waals surface area contributed by atoms with E-state index in [2.05, 4.69) is 26.9 Å². The number of halogens is 1. The zero-order valence-corrected chi connectivity index (χ0v) is 17.5. The average molecular weight is 397 g/mol. The lowest BCUT2D eigenvalue weighted by molar-refractivity contribution is -0.123. The summed E-state index contributed by atoms with van der Waals surface area (Å²) in [4.78, 5) is 19.4. The molecule has 1 aliphatic heterocycles. The van der Waals surface area contributed by atoms with Gasteiger partial charge in [0.1, 0.15) is 5.82 Å². The number of aromatic nitrogens is 2. The molecule has 0 radical (unpaired) electrons. The van der Waals surface area contributed by atoms with Gasteiger partial charge in [0.25, 0.3) is 0 Å². The summed E-state index contributed by atoms with van der Waals surface area (Å²) in [5.74, 6) is 1.07. The molecule has 0 bridgehead atoms. The number of amides is 1. The van der Waals surface area contributed by atoms with Crippen molar-refractivity contribution < 1.29 is 4.79 Å². The molecule has 1 aliphatic rings. The van der Waals surface area contributed by atoms with Gasteiger partial charge in [-0.2, -0.15) is 0 Å². The zero-order valence-electron chi connectivity index (χ0n) is 16.7. The summed E-state index contributed by atoms with van der Waals surface area (Å²) in [5, 5.41) is 3.74. The molecule has 1 amide bonds. The quantitative estimate of drug-likeness (QED) is 0.662. The molecule has 0 spiro atoms. The number of carbonyl (C=O) groups is 1. The van der Waals surface area contributed by atoms with Gasteiger partial charge < -0.3 is 14.8 Å². The second kappa shape index (κ2) is 6.82. The normalized spacial score (nSPS) is 14.2. The van der Waals surface area contributed by atoms with E-state index in [9.17, 15) is 4.79 Å². The second-order valence-corrected chi connectivity index (χ2v) is 8.87. The lowest BCUT2D eigenvalue weighted by Gasteiger charge is -2.30. The Morgan fingerprint density at radius 1 is 1.14 bits per heavy atom. The molecule has 0 fully saturated rings. The highest BCUT2D eigenvalue weighted by Gasteiger charge is 2.23. The Kier molecular flexibility index (Phi) is 4.58. The van der Waals surface area contributed by atoms with E-state index in [-0.39, 0.29) is 5.91 Å². The van der Waals surface area contributed by atoms with Gasteiger partial charge in [-0.05, 0) is 48.9 Å². The van der Waals surface area contributed by atoms with Crippen LogP contribution in [0.3, 0.4) is 0 Å². The van der Waals surface area contributed by atoms with Crippen molar-refractivity contribution in [3.8, 4) is 0 Å². The molecule has 2 heterocycles. The van der Waals surface area contributed by atoms with Crippen LogP contribution in [0.4, 0.5) is 11.4 Å². The molecular weight excluding hydrogens is 372 g/mol. The first kappa shape index (κ1) is 18.8. The predicted molar refractivity (Wildman–Crippen MR) is 115 cm³/mol. The molecule has 6 heteroatoms. The first-order valence-corrected chi connectivity index (χ1v) is 9.92. The summed E-state index contributed by atoms with van der Waals surface area (Å²) < 4.78 is 2.27. The predicted octanol–water partition coefficient (Wildman–Crippen LogP) is 5.00.